The van der Waals surface area contributed by atoms with Crippen LogP contribution >= 0.6 is 0 Å². The second kappa shape index (κ2) is 6.57. The maximum absolute atomic E-state index is 9.02. The van der Waals surface area contributed by atoms with Gasteiger partial charge < -0.3 is 9.15 Å². The number of rotatable bonds is 5. The molecular weight excluding hydrogens is 268 g/mol. The Morgan fingerprint density at radius 2 is 2.29 bits per heavy atom. The number of methoxy groups -OCH3 is 1. The average Bonchev–Trinajstić information content (AvgIpc) is 2.91. The van der Waals surface area contributed by atoms with E-state index in [2.05, 4.69) is 15.5 Å². The van der Waals surface area contributed by atoms with Crippen LogP contribution in [0, 0.1) is 11.3 Å². The Morgan fingerprint density at radius 3 is 2.95 bits per heavy atom. The molecule has 0 atom stereocenters. The zero-order valence-electron chi connectivity index (χ0n) is 12.1. The van der Waals surface area contributed by atoms with Crippen molar-refractivity contribution in [1.29, 1.82) is 5.26 Å². The molecule has 2 rings (SSSR count). The third-order valence-corrected chi connectivity index (χ3v) is 2.72. The minimum atomic E-state index is 0.106. The van der Waals surface area contributed by atoms with Gasteiger partial charge in [0.1, 0.15) is 11.8 Å². The van der Waals surface area contributed by atoms with E-state index < -0.39 is 0 Å². The zero-order valence-corrected chi connectivity index (χ0v) is 12.1. The van der Waals surface area contributed by atoms with Gasteiger partial charge in [-0.1, -0.05) is 26.0 Å². The summed E-state index contributed by atoms with van der Waals surface area (Å²) in [7, 11) is 1.61. The van der Waals surface area contributed by atoms with Crippen LogP contribution < -0.4 is 10.2 Å². The Bertz CT molecular complexity index is 683. The predicted molar refractivity (Wildman–Crippen MR) is 79.5 cm³/mol. The standard InChI is InChI=1S/C15H16N4O2/c1-10(2)14-18-13(8-16)15(21-14)19-17-9-11-5-4-6-12(7-11)20-3/h4-7,9-10,19H,1-3H3. The Hall–Kier alpha value is -2.81. The van der Waals surface area contributed by atoms with Crippen molar-refractivity contribution in [3.05, 3.63) is 41.4 Å². The highest BCUT2D eigenvalue weighted by Crippen LogP contribution is 2.22. The van der Waals surface area contributed by atoms with Gasteiger partial charge in [-0.2, -0.15) is 10.4 Å². The number of oxazole rings is 1. The summed E-state index contributed by atoms with van der Waals surface area (Å²) in [5.74, 6) is 1.61. The molecule has 0 aliphatic carbocycles. The van der Waals surface area contributed by atoms with E-state index in [0.29, 0.717) is 5.89 Å². The van der Waals surface area contributed by atoms with E-state index in [-0.39, 0.29) is 17.5 Å². The van der Waals surface area contributed by atoms with E-state index in [4.69, 9.17) is 14.4 Å². The fourth-order valence-electron chi connectivity index (χ4n) is 1.62. The van der Waals surface area contributed by atoms with E-state index in [1.54, 1.807) is 13.3 Å². The molecule has 0 radical (unpaired) electrons. The summed E-state index contributed by atoms with van der Waals surface area (Å²) in [6, 6.07) is 9.43. The van der Waals surface area contributed by atoms with Gasteiger partial charge in [-0.15, -0.1) is 0 Å². The van der Waals surface area contributed by atoms with Crippen molar-refractivity contribution in [3.63, 3.8) is 0 Å². The van der Waals surface area contributed by atoms with Gasteiger partial charge in [0.25, 0.3) is 5.88 Å². The first-order chi connectivity index (χ1) is 10.1. The lowest BCUT2D eigenvalue weighted by atomic mass is 10.2. The molecule has 0 unspecified atom stereocenters. The third-order valence-electron chi connectivity index (χ3n) is 2.72. The number of ether oxygens (including phenoxy) is 1. The van der Waals surface area contributed by atoms with Gasteiger partial charge in [-0.25, -0.2) is 10.4 Å². The van der Waals surface area contributed by atoms with Gasteiger partial charge in [-0.3, -0.25) is 0 Å². The SMILES string of the molecule is COc1cccc(C=NNc2oc(C(C)C)nc2C#N)c1. The molecule has 1 aromatic carbocycles. The Kier molecular flexibility index (Phi) is 4.57. The van der Waals surface area contributed by atoms with Crippen molar-refractivity contribution in [2.75, 3.05) is 12.5 Å². The topological polar surface area (TPSA) is 83.4 Å². The first-order valence-corrected chi connectivity index (χ1v) is 6.48. The number of nitrogens with one attached hydrogen (secondary N) is 1. The summed E-state index contributed by atoms with van der Waals surface area (Å²) in [4.78, 5) is 4.10. The van der Waals surface area contributed by atoms with Gasteiger partial charge in [0.2, 0.25) is 11.6 Å². The minimum Gasteiger partial charge on any atom is -0.497 e. The normalized spacial score (nSPS) is 10.8. The van der Waals surface area contributed by atoms with Crippen LogP contribution in [0.25, 0.3) is 0 Å². The molecule has 1 heterocycles. The van der Waals surface area contributed by atoms with Crippen molar-refractivity contribution in [1.82, 2.24) is 4.98 Å². The van der Waals surface area contributed by atoms with Gasteiger partial charge in [0.15, 0.2) is 0 Å². The number of anilines is 1. The molecule has 1 aromatic heterocycles. The molecule has 21 heavy (non-hydrogen) atoms. The summed E-state index contributed by atoms with van der Waals surface area (Å²) in [6.07, 6.45) is 1.61. The van der Waals surface area contributed by atoms with Crippen LogP contribution in [0.2, 0.25) is 0 Å². The second-order valence-corrected chi connectivity index (χ2v) is 4.64. The molecule has 0 fully saturated rings. The molecule has 6 nitrogen and oxygen atoms in total. The molecule has 0 saturated heterocycles. The highest BCUT2D eigenvalue weighted by molar-refractivity contribution is 5.80. The lowest BCUT2D eigenvalue weighted by Crippen LogP contribution is -1.92. The summed E-state index contributed by atoms with van der Waals surface area (Å²) in [5.41, 5.74) is 3.76. The monoisotopic (exact) mass is 284 g/mol. The molecule has 6 heteroatoms. The predicted octanol–water partition coefficient (Wildman–Crippen LogP) is 3.12. The highest BCUT2D eigenvalue weighted by Gasteiger charge is 2.14. The molecule has 2 aromatic rings. The van der Waals surface area contributed by atoms with E-state index in [0.717, 1.165) is 11.3 Å². The quantitative estimate of drug-likeness (QED) is 0.673. The first-order valence-electron chi connectivity index (χ1n) is 6.48. The van der Waals surface area contributed by atoms with E-state index >= 15 is 0 Å². The molecule has 1 N–H and O–H groups in total. The Balaban J connectivity index is 2.12. The maximum Gasteiger partial charge on any atom is 0.252 e. The summed E-state index contributed by atoms with van der Waals surface area (Å²) in [6.45, 7) is 3.88. The van der Waals surface area contributed by atoms with Gasteiger partial charge in [0.05, 0.1) is 13.3 Å². The maximum atomic E-state index is 9.02. The minimum absolute atomic E-state index is 0.106. The van der Waals surface area contributed by atoms with Crippen LogP contribution in [0.15, 0.2) is 33.8 Å². The zero-order chi connectivity index (χ0) is 15.2. The van der Waals surface area contributed by atoms with E-state index in [1.807, 2.05) is 44.2 Å². The third kappa shape index (κ3) is 3.60. The molecule has 0 bridgehead atoms. The molecule has 108 valence electrons. The van der Waals surface area contributed by atoms with Crippen LogP contribution in [-0.2, 0) is 0 Å². The van der Waals surface area contributed by atoms with Crippen molar-refractivity contribution in [2.24, 2.45) is 5.10 Å². The number of hydrogen-bond acceptors (Lipinski definition) is 6. The second-order valence-electron chi connectivity index (χ2n) is 4.64. The van der Waals surface area contributed by atoms with Crippen LogP contribution in [0.1, 0.15) is 36.9 Å². The molecule has 0 aliphatic heterocycles. The van der Waals surface area contributed by atoms with Crippen LogP contribution in [-0.4, -0.2) is 18.3 Å². The number of aromatic nitrogens is 1. The van der Waals surface area contributed by atoms with Crippen LogP contribution in [0.4, 0.5) is 5.88 Å². The van der Waals surface area contributed by atoms with Crippen LogP contribution in [0.5, 0.6) is 5.75 Å². The summed E-state index contributed by atoms with van der Waals surface area (Å²) in [5, 5.41) is 13.1. The number of hydrazone groups is 1. The molecule has 0 saturated carbocycles. The van der Waals surface area contributed by atoms with Gasteiger partial charge in [0, 0.05) is 5.92 Å². The van der Waals surface area contributed by atoms with Crippen molar-refractivity contribution in [2.45, 2.75) is 19.8 Å². The van der Waals surface area contributed by atoms with E-state index in [9.17, 15) is 0 Å². The molecular formula is C15H16N4O2. The van der Waals surface area contributed by atoms with Gasteiger partial charge >= 0.3 is 0 Å². The molecule has 0 amide bonds. The van der Waals surface area contributed by atoms with Gasteiger partial charge in [-0.05, 0) is 17.7 Å². The number of hydrogen-bond donors (Lipinski definition) is 1. The first kappa shape index (κ1) is 14.6. The Morgan fingerprint density at radius 1 is 1.48 bits per heavy atom. The lowest BCUT2D eigenvalue weighted by Gasteiger charge is -2.00. The highest BCUT2D eigenvalue weighted by atomic mass is 16.5. The van der Waals surface area contributed by atoms with E-state index in [1.165, 1.54) is 0 Å². The summed E-state index contributed by atoms with van der Waals surface area (Å²) >= 11 is 0. The number of nitrogens with zero attached hydrogens (tertiary/aromatic N) is 3. The fourth-order valence-corrected chi connectivity index (χ4v) is 1.62. The van der Waals surface area contributed by atoms with Crippen molar-refractivity contribution in [3.8, 4) is 11.8 Å². The number of benzene rings is 1. The van der Waals surface area contributed by atoms with Crippen molar-refractivity contribution < 1.29 is 9.15 Å². The Labute approximate surface area is 123 Å². The molecule has 0 spiro atoms. The van der Waals surface area contributed by atoms with Crippen LogP contribution in [0.3, 0.4) is 0 Å². The largest absolute Gasteiger partial charge is 0.497 e. The smallest absolute Gasteiger partial charge is 0.252 e. The summed E-state index contributed by atoms with van der Waals surface area (Å²) < 4.78 is 10.6. The average molecular weight is 284 g/mol. The fraction of sp³-hybridized carbons (Fsp3) is 0.267. The number of nitriles is 1. The lowest BCUT2D eigenvalue weighted by molar-refractivity contribution is 0.415. The molecule has 0 aliphatic rings. The van der Waals surface area contributed by atoms with Crippen molar-refractivity contribution >= 4 is 12.1 Å².